The molecule has 2 aromatic carbocycles. The minimum atomic E-state index is -4.55. The number of hydrogen-bond donors (Lipinski definition) is 1. The number of rotatable bonds is 8. The molecular weight excluding hydrogens is 691 g/mol. The third kappa shape index (κ3) is 7.08. The average Bonchev–Trinajstić information content (AvgIpc) is 3.69. The minimum Gasteiger partial charge on any atom is -0.481 e. The smallest absolute Gasteiger partial charge is 0.416 e. The largest absolute Gasteiger partial charge is 0.481 e. The summed E-state index contributed by atoms with van der Waals surface area (Å²) in [5.41, 5.74) is 8.67. The van der Waals surface area contributed by atoms with Gasteiger partial charge >= 0.3 is 12.3 Å². The molecule has 2 atom stereocenters. The Morgan fingerprint density at radius 2 is 1.72 bits per heavy atom. The Kier molecular flexibility index (Phi) is 9.45. The lowest BCUT2D eigenvalue weighted by Gasteiger charge is -2.28. The van der Waals surface area contributed by atoms with Crippen LogP contribution in [0.4, 0.5) is 23.9 Å². The van der Waals surface area contributed by atoms with Crippen LogP contribution >= 0.6 is 0 Å². The maximum Gasteiger partial charge on any atom is 0.416 e. The van der Waals surface area contributed by atoms with Gasteiger partial charge in [-0.2, -0.15) is 13.2 Å². The molecule has 12 nitrogen and oxygen atoms in total. The molecule has 0 radical (unpaired) electrons. The van der Waals surface area contributed by atoms with Crippen molar-refractivity contribution in [3.8, 4) is 28.1 Å². The summed E-state index contributed by atoms with van der Waals surface area (Å²) in [5, 5.41) is 4.20. The number of hydrazone groups is 1. The van der Waals surface area contributed by atoms with E-state index in [2.05, 4.69) is 22.1 Å². The van der Waals surface area contributed by atoms with Gasteiger partial charge in [-0.05, 0) is 86.9 Å². The van der Waals surface area contributed by atoms with Gasteiger partial charge in [-0.1, -0.05) is 11.6 Å². The second-order valence-electron chi connectivity index (χ2n) is 13.3. The number of ether oxygens (including phenoxy) is 4. The summed E-state index contributed by atoms with van der Waals surface area (Å²) >= 11 is 0. The first-order valence-corrected chi connectivity index (χ1v) is 17.0. The molecule has 0 bridgehead atoms. The first kappa shape index (κ1) is 35.7. The van der Waals surface area contributed by atoms with E-state index < -0.39 is 30.0 Å². The molecule has 15 heteroatoms. The molecule has 0 spiro atoms. The van der Waals surface area contributed by atoms with Crippen LogP contribution in [0.3, 0.4) is 0 Å². The quantitative estimate of drug-likeness (QED) is 0.207. The predicted octanol–water partition coefficient (Wildman–Crippen LogP) is 6.83. The average molecular weight is 730 g/mol. The van der Waals surface area contributed by atoms with Gasteiger partial charge in [-0.25, -0.2) is 25.2 Å². The van der Waals surface area contributed by atoms with Crippen LogP contribution in [-0.4, -0.2) is 71.3 Å². The third-order valence-corrected chi connectivity index (χ3v) is 9.52. The summed E-state index contributed by atoms with van der Waals surface area (Å²) in [5.74, 6) is 1.54. The molecular formula is C38H38F3N7O5. The monoisotopic (exact) mass is 729 g/mol. The van der Waals surface area contributed by atoms with Crippen LogP contribution in [0.1, 0.15) is 52.1 Å². The number of pyridine rings is 1. The molecule has 7 rings (SSSR count). The summed E-state index contributed by atoms with van der Waals surface area (Å²) in [7, 11) is 1.52. The van der Waals surface area contributed by atoms with Crippen molar-refractivity contribution in [3.63, 3.8) is 0 Å². The van der Waals surface area contributed by atoms with E-state index in [1.165, 1.54) is 12.0 Å². The van der Waals surface area contributed by atoms with Crippen LogP contribution in [0, 0.1) is 20.8 Å². The Morgan fingerprint density at radius 3 is 2.38 bits per heavy atom. The van der Waals surface area contributed by atoms with Crippen LogP contribution in [0.25, 0.3) is 22.3 Å². The van der Waals surface area contributed by atoms with E-state index in [4.69, 9.17) is 28.9 Å². The SMILES string of the molecule is C=C1NN=C(c2cc(C)c(-c3cnc(OC)c(-c4cnc(N5CCOCC5)nc4CN4C(=O)O[C@H](c5cc(C)cc(C(F)(F)F)c5)[C@@H]4C)c3)c(C)c2)O1. The van der Waals surface area contributed by atoms with E-state index in [0.29, 0.717) is 72.3 Å². The van der Waals surface area contributed by atoms with Crippen molar-refractivity contribution in [2.75, 3.05) is 38.3 Å². The van der Waals surface area contributed by atoms with Gasteiger partial charge in [0.25, 0.3) is 0 Å². The number of nitrogens with one attached hydrogen (secondary N) is 1. The van der Waals surface area contributed by atoms with E-state index in [0.717, 1.165) is 39.9 Å². The number of cyclic esters (lactones) is 1. The minimum absolute atomic E-state index is 0.0226. The van der Waals surface area contributed by atoms with Gasteiger partial charge < -0.3 is 23.8 Å². The van der Waals surface area contributed by atoms with Crippen molar-refractivity contribution >= 4 is 17.9 Å². The molecule has 1 N–H and O–H groups in total. The number of aryl methyl sites for hydroxylation is 3. The number of carbonyl (C=O) groups is 1. The van der Waals surface area contributed by atoms with Crippen molar-refractivity contribution in [2.24, 2.45) is 5.10 Å². The van der Waals surface area contributed by atoms with Gasteiger partial charge in [0.15, 0.2) is 0 Å². The van der Waals surface area contributed by atoms with Gasteiger partial charge in [-0.3, -0.25) is 4.90 Å². The molecule has 2 saturated heterocycles. The highest BCUT2D eigenvalue weighted by Crippen LogP contribution is 2.40. The Morgan fingerprint density at radius 1 is 0.981 bits per heavy atom. The number of anilines is 1. The highest BCUT2D eigenvalue weighted by Gasteiger charge is 2.42. The fraction of sp³-hybridized carbons (Fsp3) is 0.342. The Hall–Kier alpha value is -5.70. The number of methoxy groups -OCH3 is 1. The van der Waals surface area contributed by atoms with Gasteiger partial charge in [0.1, 0.15) is 6.10 Å². The first-order chi connectivity index (χ1) is 25.3. The topological polar surface area (TPSA) is 124 Å². The summed E-state index contributed by atoms with van der Waals surface area (Å²) in [6.07, 6.45) is -2.74. The fourth-order valence-electron chi connectivity index (χ4n) is 7.02. The number of amides is 1. The molecule has 0 saturated carbocycles. The summed E-state index contributed by atoms with van der Waals surface area (Å²) in [6, 6.07) is 8.99. The van der Waals surface area contributed by atoms with E-state index in [1.54, 1.807) is 32.3 Å². The molecule has 5 heterocycles. The van der Waals surface area contributed by atoms with Crippen molar-refractivity contribution in [2.45, 2.75) is 52.6 Å². The molecule has 0 aliphatic carbocycles. The number of benzene rings is 2. The standard InChI is InChI=1S/C38H38F3N7O5/c1-20-11-25(15-28(12-20)38(39,40)41)33-23(4)48(37(49)53-33)19-31-30(18-43-36(44-31)47-7-9-51-10-8-47)29-16-27(17-42-35(29)50-6)32-21(2)13-26(14-22(32)3)34-46-45-24(5)52-34/h11-18,23,33,45H,5,7-10,19H2,1-4,6H3/t23-,33-/m0/s1. The van der Waals surface area contributed by atoms with E-state index in [-0.39, 0.29) is 12.1 Å². The number of alkyl halides is 3. The molecule has 3 aliphatic heterocycles. The molecule has 1 amide bonds. The van der Waals surface area contributed by atoms with Crippen molar-refractivity contribution in [1.29, 1.82) is 0 Å². The van der Waals surface area contributed by atoms with Gasteiger partial charge in [0.05, 0.1) is 44.2 Å². The summed E-state index contributed by atoms with van der Waals surface area (Å²) < 4.78 is 63.8. The van der Waals surface area contributed by atoms with Crippen molar-refractivity contribution < 1.29 is 36.9 Å². The fourth-order valence-corrected chi connectivity index (χ4v) is 7.02. The first-order valence-electron chi connectivity index (χ1n) is 17.0. The zero-order valence-electron chi connectivity index (χ0n) is 29.9. The van der Waals surface area contributed by atoms with Crippen LogP contribution in [0.2, 0.25) is 0 Å². The third-order valence-electron chi connectivity index (χ3n) is 9.52. The van der Waals surface area contributed by atoms with Gasteiger partial charge in [0.2, 0.25) is 23.6 Å². The Labute approximate surface area is 304 Å². The molecule has 0 unspecified atom stereocenters. The number of hydrogen-bond acceptors (Lipinski definition) is 11. The number of halogens is 3. The van der Waals surface area contributed by atoms with Gasteiger partial charge in [-0.15, -0.1) is 5.10 Å². The highest BCUT2D eigenvalue weighted by atomic mass is 19.4. The van der Waals surface area contributed by atoms with Crippen LogP contribution in [0.5, 0.6) is 5.88 Å². The maximum absolute atomic E-state index is 13.7. The number of nitrogens with zero attached hydrogens (tertiary/aromatic N) is 6. The van der Waals surface area contributed by atoms with Crippen molar-refractivity contribution in [1.82, 2.24) is 25.3 Å². The molecule has 53 heavy (non-hydrogen) atoms. The number of aromatic nitrogens is 3. The summed E-state index contributed by atoms with van der Waals surface area (Å²) in [6.45, 7) is 13.2. The van der Waals surface area contributed by atoms with Gasteiger partial charge in [0, 0.05) is 47.7 Å². The lowest BCUT2D eigenvalue weighted by atomic mass is 9.92. The number of morpholine rings is 1. The normalized spacial score (nSPS) is 18.8. The zero-order valence-corrected chi connectivity index (χ0v) is 29.9. The number of carbonyl (C=O) groups excluding carboxylic acids is 1. The summed E-state index contributed by atoms with van der Waals surface area (Å²) in [4.78, 5) is 31.4. The molecule has 3 aliphatic rings. The maximum atomic E-state index is 13.7. The van der Waals surface area contributed by atoms with E-state index in [9.17, 15) is 18.0 Å². The highest BCUT2D eigenvalue weighted by molar-refractivity contribution is 5.97. The van der Waals surface area contributed by atoms with Crippen molar-refractivity contribution in [3.05, 3.63) is 100 Å². The second-order valence-corrected chi connectivity index (χ2v) is 13.3. The molecule has 2 aromatic heterocycles. The van der Waals surface area contributed by atoms with Crippen LogP contribution in [0.15, 0.2) is 66.4 Å². The zero-order chi connectivity index (χ0) is 37.6. The molecule has 276 valence electrons. The van der Waals surface area contributed by atoms with E-state index >= 15 is 0 Å². The van der Waals surface area contributed by atoms with E-state index in [1.807, 2.05) is 36.9 Å². The Bertz CT molecular complexity index is 2110. The lowest BCUT2D eigenvalue weighted by Crippen LogP contribution is -2.38. The lowest BCUT2D eigenvalue weighted by molar-refractivity contribution is -0.137. The molecule has 4 aromatic rings. The van der Waals surface area contributed by atoms with Crippen LogP contribution < -0.4 is 15.1 Å². The Balaban J connectivity index is 1.28. The van der Waals surface area contributed by atoms with Crippen LogP contribution in [-0.2, 0) is 26.9 Å². The molecule has 2 fully saturated rings. The predicted molar refractivity (Wildman–Crippen MR) is 190 cm³/mol. The second kappa shape index (κ2) is 14.0.